The van der Waals surface area contributed by atoms with Crippen LogP contribution in [0.5, 0.6) is 0 Å². The van der Waals surface area contributed by atoms with Gasteiger partial charge >= 0.3 is 5.97 Å². The van der Waals surface area contributed by atoms with Crippen LogP contribution in [0.3, 0.4) is 0 Å². The highest BCUT2D eigenvalue weighted by molar-refractivity contribution is 5.85. The summed E-state index contributed by atoms with van der Waals surface area (Å²) in [6, 6.07) is 9.85. The van der Waals surface area contributed by atoms with Crippen LogP contribution in [0.2, 0.25) is 0 Å². The van der Waals surface area contributed by atoms with Crippen LogP contribution in [-0.4, -0.2) is 20.9 Å². The number of rotatable bonds is 4. The highest BCUT2D eigenvalue weighted by Crippen LogP contribution is 2.40. The van der Waals surface area contributed by atoms with Crippen LogP contribution in [0.1, 0.15) is 46.1 Å². The maximum absolute atomic E-state index is 11.1. The van der Waals surface area contributed by atoms with E-state index in [0.29, 0.717) is 12.5 Å². The van der Waals surface area contributed by atoms with E-state index in [1.165, 1.54) is 11.1 Å². The Morgan fingerprint density at radius 3 is 2.79 bits per heavy atom. The molecule has 2 aromatic rings. The molecule has 0 atom stereocenters. The van der Waals surface area contributed by atoms with Crippen molar-refractivity contribution >= 4 is 5.97 Å². The van der Waals surface area contributed by atoms with Gasteiger partial charge in [0.15, 0.2) is 5.69 Å². The molecule has 1 N–H and O–H groups in total. The molecule has 1 fully saturated rings. The Balaban J connectivity index is 1.95. The highest BCUT2D eigenvalue weighted by atomic mass is 16.4. The number of aromatic nitrogens is 2. The number of nitrogens with zero attached hydrogens (tertiary/aromatic N) is 2. The van der Waals surface area contributed by atoms with Crippen molar-refractivity contribution in [1.82, 2.24) is 9.78 Å². The number of carbonyl (C=O) groups is 1. The third-order valence-electron chi connectivity index (χ3n) is 3.61. The van der Waals surface area contributed by atoms with Crippen LogP contribution in [-0.2, 0) is 6.54 Å². The fourth-order valence-electron chi connectivity index (χ4n) is 2.32. The van der Waals surface area contributed by atoms with E-state index >= 15 is 0 Å². The lowest BCUT2D eigenvalue weighted by Gasteiger charge is -2.09. The molecule has 1 aliphatic carbocycles. The van der Waals surface area contributed by atoms with Gasteiger partial charge in [0.25, 0.3) is 0 Å². The van der Waals surface area contributed by atoms with Crippen LogP contribution in [0.25, 0.3) is 0 Å². The summed E-state index contributed by atoms with van der Waals surface area (Å²) in [5.74, 6) is -0.463. The van der Waals surface area contributed by atoms with E-state index in [1.54, 1.807) is 6.07 Å². The molecule has 0 saturated heterocycles. The Bertz CT molecular complexity index is 627. The Morgan fingerprint density at radius 2 is 2.16 bits per heavy atom. The van der Waals surface area contributed by atoms with Gasteiger partial charge in [0, 0.05) is 11.6 Å². The van der Waals surface area contributed by atoms with Gasteiger partial charge in [0.1, 0.15) is 0 Å². The molecule has 0 spiro atoms. The Morgan fingerprint density at radius 1 is 1.42 bits per heavy atom. The number of benzene rings is 1. The number of aryl methyl sites for hydroxylation is 1. The first-order chi connectivity index (χ1) is 9.15. The molecular weight excluding hydrogens is 240 g/mol. The average Bonchev–Trinajstić information content (AvgIpc) is 3.13. The van der Waals surface area contributed by atoms with E-state index in [9.17, 15) is 4.79 Å². The first kappa shape index (κ1) is 12.0. The molecule has 1 saturated carbocycles. The van der Waals surface area contributed by atoms with E-state index in [-0.39, 0.29) is 5.69 Å². The second-order valence-corrected chi connectivity index (χ2v) is 5.12. The molecule has 98 valence electrons. The summed E-state index contributed by atoms with van der Waals surface area (Å²) in [6.45, 7) is 2.71. The fourth-order valence-corrected chi connectivity index (χ4v) is 2.32. The Labute approximate surface area is 111 Å². The zero-order chi connectivity index (χ0) is 13.4. The zero-order valence-corrected chi connectivity index (χ0v) is 10.8. The van der Waals surface area contributed by atoms with Crippen molar-refractivity contribution in [2.75, 3.05) is 0 Å². The quantitative estimate of drug-likeness (QED) is 0.915. The van der Waals surface area contributed by atoms with Crippen molar-refractivity contribution in [1.29, 1.82) is 0 Å². The van der Waals surface area contributed by atoms with Crippen molar-refractivity contribution < 1.29 is 9.90 Å². The summed E-state index contributed by atoms with van der Waals surface area (Å²) in [5.41, 5.74) is 3.59. The van der Waals surface area contributed by atoms with Crippen LogP contribution in [0.15, 0.2) is 30.3 Å². The SMILES string of the molecule is Cc1ccccc1Cn1nc(C(=O)O)cc1C1CC1. The molecule has 0 radical (unpaired) electrons. The Kier molecular flexibility index (Phi) is 2.85. The predicted molar refractivity (Wildman–Crippen MR) is 71.4 cm³/mol. The topological polar surface area (TPSA) is 55.1 Å². The van der Waals surface area contributed by atoms with E-state index in [1.807, 2.05) is 16.8 Å². The lowest BCUT2D eigenvalue weighted by atomic mass is 10.1. The van der Waals surface area contributed by atoms with E-state index < -0.39 is 5.97 Å². The van der Waals surface area contributed by atoms with Crippen molar-refractivity contribution in [3.8, 4) is 0 Å². The minimum Gasteiger partial charge on any atom is -0.476 e. The van der Waals surface area contributed by atoms with Crippen molar-refractivity contribution in [3.05, 3.63) is 52.8 Å². The first-order valence-corrected chi connectivity index (χ1v) is 6.50. The first-order valence-electron chi connectivity index (χ1n) is 6.50. The molecule has 0 amide bonds. The van der Waals surface area contributed by atoms with Gasteiger partial charge in [0.2, 0.25) is 0 Å². The third kappa shape index (κ3) is 2.38. The summed E-state index contributed by atoms with van der Waals surface area (Å²) >= 11 is 0. The summed E-state index contributed by atoms with van der Waals surface area (Å²) in [4.78, 5) is 11.1. The van der Waals surface area contributed by atoms with Crippen LogP contribution in [0.4, 0.5) is 0 Å². The number of hydrogen-bond donors (Lipinski definition) is 1. The van der Waals surface area contributed by atoms with Gasteiger partial charge in [0.05, 0.1) is 6.54 Å². The van der Waals surface area contributed by atoms with Gasteiger partial charge in [-0.15, -0.1) is 0 Å². The Hall–Kier alpha value is -2.10. The zero-order valence-electron chi connectivity index (χ0n) is 10.8. The molecule has 3 rings (SSSR count). The summed E-state index contributed by atoms with van der Waals surface area (Å²) in [7, 11) is 0. The molecule has 0 aliphatic heterocycles. The molecule has 1 heterocycles. The number of carboxylic acids is 1. The maximum Gasteiger partial charge on any atom is 0.356 e. The molecule has 0 bridgehead atoms. The standard InChI is InChI=1S/C15H16N2O2/c1-10-4-2-3-5-12(10)9-17-14(11-6-7-11)8-13(16-17)15(18)19/h2-5,8,11H,6-7,9H2,1H3,(H,18,19). The predicted octanol–water partition coefficient (Wildman–Crippen LogP) is 2.82. The van der Waals surface area contributed by atoms with E-state index in [2.05, 4.69) is 24.2 Å². The number of aromatic carboxylic acids is 1. The minimum atomic E-state index is -0.953. The number of hydrogen-bond acceptors (Lipinski definition) is 2. The van der Waals surface area contributed by atoms with Gasteiger partial charge < -0.3 is 5.11 Å². The van der Waals surface area contributed by atoms with Crippen molar-refractivity contribution in [2.45, 2.75) is 32.2 Å². The second kappa shape index (κ2) is 4.53. The molecule has 4 heteroatoms. The molecule has 0 unspecified atom stereocenters. The molecule has 1 aromatic carbocycles. The van der Waals surface area contributed by atoms with Crippen molar-refractivity contribution in [2.24, 2.45) is 0 Å². The van der Waals surface area contributed by atoms with Gasteiger partial charge in [-0.1, -0.05) is 24.3 Å². The van der Waals surface area contributed by atoms with Crippen LogP contribution < -0.4 is 0 Å². The maximum atomic E-state index is 11.1. The molecule has 1 aliphatic rings. The summed E-state index contributed by atoms with van der Waals surface area (Å²) in [5, 5.41) is 13.3. The van der Waals surface area contributed by atoms with E-state index in [4.69, 9.17) is 5.11 Å². The van der Waals surface area contributed by atoms with Crippen molar-refractivity contribution in [3.63, 3.8) is 0 Å². The third-order valence-corrected chi connectivity index (χ3v) is 3.61. The van der Waals surface area contributed by atoms with E-state index in [0.717, 1.165) is 18.5 Å². The van der Waals surface area contributed by atoms with Gasteiger partial charge in [-0.05, 0) is 37.0 Å². The molecule has 1 aromatic heterocycles. The highest BCUT2D eigenvalue weighted by Gasteiger charge is 2.29. The van der Waals surface area contributed by atoms with Crippen LogP contribution in [0, 0.1) is 6.92 Å². The lowest BCUT2D eigenvalue weighted by Crippen LogP contribution is -2.08. The second-order valence-electron chi connectivity index (χ2n) is 5.12. The summed E-state index contributed by atoms with van der Waals surface area (Å²) < 4.78 is 1.85. The van der Waals surface area contributed by atoms with Gasteiger partial charge in [-0.3, -0.25) is 4.68 Å². The lowest BCUT2D eigenvalue weighted by molar-refractivity contribution is 0.0689. The fraction of sp³-hybridized carbons (Fsp3) is 0.333. The van der Waals surface area contributed by atoms with Gasteiger partial charge in [-0.2, -0.15) is 5.10 Å². The summed E-state index contributed by atoms with van der Waals surface area (Å²) in [6.07, 6.45) is 2.27. The molecule has 19 heavy (non-hydrogen) atoms. The molecular formula is C15H16N2O2. The average molecular weight is 256 g/mol. The normalized spacial score (nSPS) is 14.6. The van der Waals surface area contributed by atoms with Crippen LogP contribution >= 0.6 is 0 Å². The molecule has 4 nitrogen and oxygen atoms in total. The largest absolute Gasteiger partial charge is 0.476 e. The van der Waals surface area contributed by atoms with Gasteiger partial charge in [-0.25, -0.2) is 4.79 Å². The monoisotopic (exact) mass is 256 g/mol. The number of carboxylic acid groups (broad SMARTS) is 1. The minimum absolute atomic E-state index is 0.149. The smallest absolute Gasteiger partial charge is 0.356 e.